The van der Waals surface area contributed by atoms with Crippen molar-refractivity contribution in [3.8, 4) is 5.75 Å². The van der Waals surface area contributed by atoms with Crippen LogP contribution < -0.4 is 4.74 Å². The highest BCUT2D eigenvalue weighted by Crippen LogP contribution is 2.17. The molecule has 0 saturated heterocycles. The lowest BCUT2D eigenvalue weighted by atomic mass is 9.97. The third kappa shape index (κ3) is 6.33. The molecule has 0 saturated carbocycles. The van der Waals surface area contributed by atoms with Crippen molar-refractivity contribution in [1.82, 2.24) is 5.06 Å². The normalized spacial score (nSPS) is 10.8. The molecule has 0 fully saturated rings. The van der Waals surface area contributed by atoms with Crippen molar-refractivity contribution in [3.05, 3.63) is 42.0 Å². The lowest BCUT2D eigenvalue weighted by molar-refractivity contribution is -0.196. The van der Waals surface area contributed by atoms with E-state index < -0.39 is 23.3 Å². The van der Waals surface area contributed by atoms with Gasteiger partial charge in [0.1, 0.15) is 18.0 Å². The van der Waals surface area contributed by atoms with Crippen LogP contribution in [-0.2, 0) is 14.4 Å². The highest BCUT2D eigenvalue weighted by atomic mass is 16.7. The monoisotopic (exact) mass is 363 g/mol. The molecule has 0 radical (unpaired) electrons. The summed E-state index contributed by atoms with van der Waals surface area (Å²) in [4.78, 5) is 40.3. The number of ketones is 1. The molecule has 1 aromatic carbocycles. The fourth-order valence-corrected chi connectivity index (χ4v) is 1.89. The Morgan fingerprint density at radius 1 is 1.19 bits per heavy atom. The summed E-state index contributed by atoms with van der Waals surface area (Å²) in [7, 11) is 0. The number of aliphatic hydroxyl groups is 1. The van der Waals surface area contributed by atoms with E-state index in [1.807, 2.05) is 0 Å². The molecule has 1 N–H and O–H groups in total. The first kappa shape index (κ1) is 21.4. The standard InChI is InChI=1S/C19H25NO6/c1-6-16(21)26-20(18(23)13(2)3)11-12-25-15-9-7-14(8-10-15)17(22)19(4,5)24/h7-10,24H,2,6,11-12H2,1,3-5H3. The molecule has 0 heterocycles. The van der Waals surface area contributed by atoms with Crippen LogP contribution in [0.4, 0.5) is 0 Å². The Balaban J connectivity index is 2.66. The fourth-order valence-electron chi connectivity index (χ4n) is 1.89. The number of benzene rings is 1. The Labute approximate surface area is 153 Å². The molecule has 0 aliphatic carbocycles. The molecule has 142 valence electrons. The van der Waals surface area contributed by atoms with Crippen LogP contribution in [0.2, 0.25) is 0 Å². The van der Waals surface area contributed by atoms with E-state index in [-0.39, 0.29) is 25.1 Å². The Morgan fingerprint density at radius 3 is 2.23 bits per heavy atom. The van der Waals surface area contributed by atoms with E-state index in [9.17, 15) is 19.5 Å². The second kappa shape index (κ2) is 9.15. The van der Waals surface area contributed by atoms with Crippen molar-refractivity contribution >= 4 is 17.7 Å². The van der Waals surface area contributed by atoms with Crippen molar-refractivity contribution in [1.29, 1.82) is 0 Å². The van der Waals surface area contributed by atoms with Gasteiger partial charge in [-0.1, -0.05) is 13.5 Å². The van der Waals surface area contributed by atoms with Crippen LogP contribution in [0.15, 0.2) is 36.4 Å². The van der Waals surface area contributed by atoms with Gasteiger partial charge < -0.3 is 14.7 Å². The van der Waals surface area contributed by atoms with E-state index in [4.69, 9.17) is 9.57 Å². The molecule has 1 amide bonds. The van der Waals surface area contributed by atoms with Crippen molar-refractivity contribution in [3.63, 3.8) is 0 Å². The molecule has 7 nitrogen and oxygen atoms in total. The smallest absolute Gasteiger partial charge is 0.332 e. The Kier molecular flexibility index (Phi) is 7.52. The van der Waals surface area contributed by atoms with E-state index in [2.05, 4.69) is 6.58 Å². The maximum Gasteiger partial charge on any atom is 0.332 e. The first-order valence-corrected chi connectivity index (χ1v) is 8.24. The minimum Gasteiger partial charge on any atom is -0.492 e. The van der Waals surface area contributed by atoms with Gasteiger partial charge in [-0.15, -0.1) is 0 Å². The van der Waals surface area contributed by atoms with Crippen LogP contribution in [0.1, 0.15) is 44.5 Å². The van der Waals surface area contributed by atoms with E-state index in [0.29, 0.717) is 11.3 Å². The SMILES string of the molecule is C=C(C)C(=O)N(CCOc1ccc(C(=O)C(C)(C)O)cc1)OC(=O)CC. The quantitative estimate of drug-likeness (QED) is 0.433. The van der Waals surface area contributed by atoms with Crippen molar-refractivity contribution in [2.75, 3.05) is 13.2 Å². The summed E-state index contributed by atoms with van der Waals surface area (Å²) in [5.41, 5.74) is -0.848. The largest absolute Gasteiger partial charge is 0.492 e. The molecule has 1 rings (SSSR count). The number of carbonyl (C=O) groups excluding carboxylic acids is 3. The lowest BCUT2D eigenvalue weighted by Crippen LogP contribution is -2.37. The maximum absolute atomic E-state index is 12.0. The average Bonchev–Trinajstić information content (AvgIpc) is 2.59. The number of hydroxylamine groups is 2. The topological polar surface area (TPSA) is 93.1 Å². The first-order chi connectivity index (χ1) is 12.1. The van der Waals surface area contributed by atoms with Crippen LogP contribution in [0.3, 0.4) is 0 Å². The van der Waals surface area contributed by atoms with Gasteiger partial charge in [-0.2, -0.15) is 5.06 Å². The zero-order valence-corrected chi connectivity index (χ0v) is 15.6. The van der Waals surface area contributed by atoms with Crippen molar-refractivity contribution < 1.29 is 29.1 Å². The van der Waals surface area contributed by atoms with Crippen molar-refractivity contribution in [2.45, 2.75) is 39.7 Å². The summed E-state index contributed by atoms with van der Waals surface area (Å²) in [5, 5.41) is 10.7. The van der Waals surface area contributed by atoms with Crippen LogP contribution in [-0.4, -0.2) is 46.6 Å². The molecule has 0 atom stereocenters. The second-order valence-corrected chi connectivity index (χ2v) is 6.27. The second-order valence-electron chi connectivity index (χ2n) is 6.27. The van der Waals surface area contributed by atoms with Crippen LogP contribution in [0.5, 0.6) is 5.75 Å². The number of rotatable bonds is 8. The predicted molar refractivity (Wildman–Crippen MR) is 95.5 cm³/mol. The van der Waals surface area contributed by atoms with Gasteiger partial charge >= 0.3 is 5.97 Å². The molecule has 0 aromatic heterocycles. The lowest BCUT2D eigenvalue weighted by Gasteiger charge is -2.21. The van der Waals surface area contributed by atoms with E-state index in [1.54, 1.807) is 31.2 Å². The number of amides is 1. The third-order valence-electron chi connectivity index (χ3n) is 3.33. The van der Waals surface area contributed by atoms with E-state index in [0.717, 1.165) is 5.06 Å². The number of Topliss-reactive ketones (excluding diaryl/α,β-unsaturated/α-hetero) is 1. The van der Waals surface area contributed by atoms with Crippen LogP contribution >= 0.6 is 0 Å². The van der Waals surface area contributed by atoms with Gasteiger partial charge in [-0.05, 0) is 45.0 Å². The van der Waals surface area contributed by atoms with Crippen LogP contribution in [0, 0.1) is 0 Å². The zero-order chi connectivity index (χ0) is 19.9. The number of nitrogens with zero attached hydrogens (tertiary/aromatic N) is 1. The van der Waals surface area contributed by atoms with Gasteiger partial charge in [0.2, 0.25) is 0 Å². The minimum atomic E-state index is -1.45. The summed E-state index contributed by atoms with van der Waals surface area (Å²) in [6.45, 7) is 9.64. The molecule has 0 spiro atoms. The average molecular weight is 363 g/mol. The summed E-state index contributed by atoms with van der Waals surface area (Å²) < 4.78 is 5.51. The summed E-state index contributed by atoms with van der Waals surface area (Å²) in [5.74, 6) is -0.953. The first-order valence-electron chi connectivity index (χ1n) is 8.24. The van der Waals surface area contributed by atoms with Gasteiger partial charge in [0.25, 0.3) is 5.91 Å². The minimum absolute atomic E-state index is 0.0296. The molecule has 0 aliphatic heterocycles. The molecular formula is C19H25NO6. The number of hydrogen-bond acceptors (Lipinski definition) is 6. The highest BCUT2D eigenvalue weighted by Gasteiger charge is 2.25. The van der Waals surface area contributed by atoms with Crippen molar-refractivity contribution in [2.24, 2.45) is 0 Å². The van der Waals surface area contributed by atoms with Crippen LogP contribution in [0.25, 0.3) is 0 Å². The number of ether oxygens (including phenoxy) is 1. The van der Waals surface area contributed by atoms with Gasteiger partial charge in [-0.3, -0.25) is 9.59 Å². The maximum atomic E-state index is 12.0. The Morgan fingerprint density at radius 2 is 1.77 bits per heavy atom. The van der Waals surface area contributed by atoms with Gasteiger partial charge in [0, 0.05) is 17.6 Å². The number of hydrogen-bond donors (Lipinski definition) is 1. The summed E-state index contributed by atoms with van der Waals surface area (Å²) in [6.07, 6.45) is 0.136. The van der Waals surface area contributed by atoms with E-state index >= 15 is 0 Å². The molecule has 7 heteroatoms. The Bertz CT molecular complexity index is 672. The summed E-state index contributed by atoms with van der Waals surface area (Å²) in [6, 6.07) is 6.26. The third-order valence-corrected chi connectivity index (χ3v) is 3.33. The molecule has 1 aromatic rings. The zero-order valence-electron chi connectivity index (χ0n) is 15.6. The van der Waals surface area contributed by atoms with Gasteiger partial charge in [0.05, 0.1) is 6.54 Å². The molecule has 26 heavy (non-hydrogen) atoms. The molecule has 0 bridgehead atoms. The van der Waals surface area contributed by atoms with E-state index in [1.165, 1.54) is 20.8 Å². The number of carbonyl (C=O) groups is 3. The predicted octanol–water partition coefficient (Wildman–Crippen LogP) is 2.29. The fraction of sp³-hybridized carbons (Fsp3) is 0.421. The van der Waals surface area contributed by atoms with Gasteiger partial charge in [-0.25, -0.2) is 4.79 Å². The molecule has 0 aliphatic rings. The molecule has 0 unspecified atom stereocenters. The van der Waals surface area contributed by atoms with Gasteiger partial charge in [0.15, 0.2) is 5.78 Å². The Hall–Kier alpha value is -2.67. The molecular weight excluding hydrogens is 338 g/mol. The highest BCUT2D eigenvalue weighted by molar-refractivity contribution is 6.01. The summed E-state index contributed by atoms with van der Waals surface area (Å²) >= 11 is 0.